The summed E-state index contributed by atoms with van der Waals surface area (Å²) in [5, 5.41) is 51.3. The van der Waals surface area contributed by atoms with Gasteiger partial charge in [-0.1, -0.05) is 114 Å². The van der Waals surface area contributed by atoms with Crippen molar-refractivity contribution >= 4 is 136 Å². The summed E-state index contributed by atoms with van der Waals surface area (Å²) >= 11 is 0. The van der Waals surface area contributed by atoms with Gasteiger partial charge in [-0.05, 0) is 148 Å². The summed E-state index contributed by atoms with van der Waals surface area (Å²) in [6.07, 6.45) is 14.2. The second-order valence-electron chi connectivity index (χ2n) is 32.0. The number of hydrogen-bond donors (Lipinski definition) is 6. The van der Waals surface area contributed by atoms with Crippen molar-refractivity contribution in [3.8, 4) is 0 Å². The van der Waals surface area contributed by atoms with Crippen LogP contribution in [0.15, 0.2) is 248 Å². The zero-order valence-corrected chi connectivity index (χ0v) is 80.7. The van der Waals surface area contributed by atoms with Crippen LogP contribution in [0, 0.1) is 32.5 Å². The van der Waals surface area contributed by atoms with E-state index in [1.807, 2.05) is 77.9 Å². The number of carbonyl (C=O) groups is 6. The van der Waals surface area contributed by atoms with E-state index in [0.717, 1.165) is 38.5 Å². The summed E-state index contributed by atoms with van der Waals surface area (Å²) < 4.78 is 46.3. The molecule has 144 heavy (non-hydrogen) atoms. The summed E-state index contributed by atoms with van der Waals surface area (Å²) in [7, 11) is 7.51. The predicted molar refractivity (Wildman–Crippen MR) is 533 cm³/mol. The normalized spacial score (nSPS) is 10.9. The highest BCUT2D eigenvalue weighted by Crippen LogP contribution is 2.20. The SMILES string of the molecule is CCCn1c(=N)c(C(=O)OC)cc2c(=O)n3ccccc3nc21.CCCn1c(=N)c(C(=O)OC)cc2c(=O)n3ccccc3nc21.CCCn1c(=N)c(C(=O)OC)cc2c(=O)n3ccccc3nc21.CCCn1c(=N)c(C(=O)OC)cc2c(=O)n3ccccc3nc21.CCCn1c(=N)c(C(=O)OC)cc2c(=O)n3ccccc3nc21.CCCn1c(=N)c(C(=O)OC)cc2c(=O)n3ccccc3nc21.c1ccccc1. The number of esters is 6. The second-order valence-corrected chi connectivity index (χ2v) is 32.0. The van der Waals surface area contributed by atoms with E-state index < -0.39 is 35.8 Å². The Kier molecular flexibility index (Phi) is 32.7. The summed E-state index contributed by atoms with van der Waals surface area (Å²) in [5.74, 6) is -3.84. The van der Waals surface area contributed by atoms with Gasteiger partial charge < -0.3 is 55.8 Å². The number of hydrogen-bond acceptors (Lipinski definition) is 30. The van der Waals surface area contributed by atoms with Gasteiger partial charge in [0.1, 0.15) is 134 Å². The quantitative estimate of drug-likeness (QED) is 0.0264. The minimum absolute atomic E-state index is 0.00150. The van der Waals surface area contributed by atoms with Gasteiger partial charge in [-0.15, -0.1) is 0 Å². The fourth-order valence-electron chi connectivity index (χ4n) is 15.9. The van der Waals surface area contributed by atoms with Crippen LogP contribution in [0.5, 0.6) is 0 Å². The van der Waals surface area contributed by atoms with Crippen LogP contribution in [0.3, 0.4) is 0 Å². The van der Waals surface area contributed by atoms with Gasteiger partial charge in [0, 0.05) is 76.4 Å². The van der Waals surface area contributed by atoms with Crippen LogP contribution in [0.2, 0.25) is 0 Å². The molecule has 19 aromatic rings. The molecule has 0 saturated heterocycles. The van der Waals surface area contributed by atoms with Gasteiger partial charge in [-0.2, -0.15) is 0 Å². The van der Waals surface area contributed by atoms with Gasteiger partial charge in [-0.25, -0.2) is 58.7 Å². The monoisotopic (exact) mass is 1950 g/mol. The van der Waals surface area contributed by atoms with Crippen LogP contribution < -0.4 is 66.3 Å². The zero-order valence-electron chi connectivity index (χ0n) is 80.7. The van der Waals surface area contributed by atoms with E-state index in [2.05, 4.69) is 29.9 Å². The number of rotatable bonds is 18. The number of nitrogens with one attached hydrogen (secondary N) is 6. The smallest absolute Gasteiger partial charge is 0.341 e. The average Bonchev–Trinajstić information content (AvgIpc) is 0.775. The Hall–Kier alpha value is -18.5. The molecule has 0 bridgehead atoms. The topological polar surface area (TPSA) is 537 Å². The molecule has 738 valence electrons. The third-order valence-corrected chi connectivity index (χ3v) is 22.7. The van der Waals surface area contributed by atoms with E-state index >= 15 is 0 Å². The highest BCUT2D eigenvalue weighted by atomic mass is 16.5. The molecular weight excluding hydrogens is 1850 g/mol. The van der Waals surface area contributed by atoms with Gasteiger partial charge in [0.2, 0.25) is 0 Å². The summed E-state index contributed by atoms with van der Waals surface area (Å²) in [6, 6.07) is 51.9. The molecule has 42 heteroatoms. The highest BCUT2D eigenvalue weighted by molar-refractivity contribution is 5.97. The molecule has 0 aliphatic rings. The first-order valence-electron chi connectivity index (χ1n) is 45.6. The van der Waals surface area contributed by atoms with Crippen LogP contribution in [0.1, 0.15) is 142 Å². The van der Waals surface area contributed by atoms with Crippen molar-refractivity contribution in [3.63, 3.8) is 0 Å². The lowest BCUT2D eigenvalue weighted by molar-refractivity contribution is 0.0588. The molecule has 18 heterocycles. The molecule has 0 spiro atoms. The van der Waals surface area contributed by atoms with Gasteiger partial charge in [0.05, 0.1) is 75.0 Å². The maximum atomic E-state index is 12.7. The largest absolute Gasteiger partial charge is 0.465 e. The molecule has 19 rings (SSSR count). The molecule has 0 radical (unpaired) electrons. The molecule has 6 N–H and O–H groups in total. The van der Waals surface area contributed by atoms with Gasteiger partial charge in [0.15, 0.2) is 0 Å². The van der Waals surface area contributed by atoms with Crippen LogP contribution in [0.25, 0.3) is 100 Å². The summed E-state index contributed by atoms with van der Waals surface area (Å²) in [4.78, 5) is 175. The van der Waals surface area contributed by atoms with E-state index in [1.54, 1.807) is 174 Å². The maximum Gasteiger partial charge on any atom is 0.341 e. The minimum Gasteiger partial charge on any atom is -0.465 e. The Morgan fingerprint density at radius 1 is 0.222 bits per heavy atom. The lowest BCUT2D eigenvalue weighted by Crippen LogP contribution is -2.30. The van der Waals surface area contributed by atoms with E-state index in [-0.39, 0.29) is 99.7 Å². The van der Waals surface area contributed by atoms with Gasteiger partial charge in [-0.3, -0.25) is 87.6 Å². The highest BCUT2D eigenvalue weighted by Gasteiger charge is 2.26. The molecule has 0 fully saturated rings. The number of methoxy groups -OCH3 is 6. The standard InChI is InChI=1S/6C16H16N4O3.C6H6/c6*1-3-7-20-13(17)10(16(22)23-2)9-11-14(20)18-12-6-4-5-8-19(12)15(11)21;1-2-4-6-5-3-1/h6*4-6,8-9,17H,3,7H2,1-2H3;1-6H. The summed E-state index contributed by atoms with van der Waals surface area (Å²) in [5.41, 5.74) is 4.10. The Morgan fingerprint density at radius 2 is 0.354 bits per heavy atom. The Labute approximate surface area is 814 Å². The Bertz CT molecular complexity index is 7790. The number of fused-ring (bicyclic) bond motifs is 12. The Balaban J connectivity index is 0.000000143. The molecule has 0 amide bonds. The average molecular weight is 1950 g/mol. The first-order chi connectivity index (χ1) is 69.5. The molecular formula is C102H102N24O18. The van der Waals surface area contributed by atoms with Crippen LogP contribution in [-0.4, -0.2) is 162 Å². The third kappa shape index (κ3) is 20.6. The zero-order chi connectivity index (χ0) is 104. The van der Waals surface area contributed by atoms with Crippen LogP contribution >= 0.6 is 0 Å². The molecule has 0 atom stereocenters. The Morgan fingerprint density at radius 3 is 0.472 bits per heavy atom. The van der Waals surface area contributed by atoms with Crippen molar-refractivity contribution in [3.05, 3.63) is 348 Å². The molecule has 1 aromatic carbocycles. The number of aromatic nitrogens is 18. The third-order valence-electron chi connectivity index (χ3n) is 22.7. The van der Waals surface area contributed by atoms with Crippen molar-refractivity contribution in [2.24, 2.45) is 0 Å². The van der Waals surface area contributed by atoms with Crippen molar-refractivity contribution in [1.29, 1.82) is 32.5 Å². The van der Waals surface area contributed by atoms with Crippen molar-refractivity contribution in [2.75, 3.05) is 42.7 Å². The number of ether oxygens (including phenoxy) is 6. The first-order valence-corrected chi connectivity index (χ1v) is 45.6. The fraction of sp³-hybridized carbons (Fsp3) is 0.235. The number of pyridine rings is 12. The van der Waals surface area contributed by atoms with Crippen LogP contribution in [-0.2, 0) is 67.7 Å². The lowest BCUT2D eigenvalue weighted by atomic mass is 10.2. The molecule has 0 unspecified atom stereocenters. The van der Waals surface area contributed by atoms with E-state index in [9.17, 15) is 57.5 Å². The number of nitrogens with zero attached hydrogens (tertiary/aromatic N) is 18. The number of benzene rings is 1. The number of carbonyl (C=O) groups excluding carboxylic acids is 6. The van der Waals surface area contributed by atoms with Crippen molar-refractivity contribution in [1.82, 2.24) is 83.7 Å². The first kappa shape index (κ1) is 103. The lowest BCUT2D eigenvalue weighted by Gasteiger charge is -2.13. The predicted octanol–water partition coefficient (Wildman–Crippen LogP) is 9.64. The fourth-order valence-corrected chi connectivity index (χ4v) is 15.9. The van der Waals surface area contributed by atoms with Crippen molar-refractivity contribution in [2.45, 2.75) is 119 Å². The van der Waals surface area contributed by atoms with Crippen molar-refractivity contribution < 1.29 is 57.2 Å². The molecule has 0 aliphatic carbocycles. The second kappa shape index (κ2) is 45.8. The maximum absolute atomic E-state index is 12.7. The van der Waals surface area contributed by atoms with Crippen LogP contribution in [0.4, 0.5) is 0 Å². The van der Waals surface area contributed by atoms with Gasteiger partial charge in [0.25, 0.3) is 33.4 Å². The minimum atomic E-state index is -0.640. The molecule has 0 aliphatic heterocycles. The molecule has 0 saturated carbocycles. The molecule has 42 nitrogen and oxygen atoms in total. The van der Waals surface area contributed by atoms with Gasteiger partial charge >= 0.3 is 35.8 Å². The van der Waals surface area contributed by atoms with E-state index in [4.69, 9.17) is 60.9 Å². The molecule has 18 aromatic heterocycles. The van der Waals surface area contributed by atoms with E-state index in [1.165, 1.54) is 105 Å². The van der Waals surface area contributed by atoms with E-state index in [0.29, 0.717) is 139 Å². The number of aryl methyl sites for hydroxylation is 6. The summed E-state index contributed by atoms with van der Waals surface area (Å²) in [6.45, 7) is 14.6.